The highest BCUT2D eigenvalue weighted by Crippen LogP contribution is 2.36. The summed E-state index contributed by atoms with van der Waals surface area (Å²) in [6.45, 7) is 2.03. The highest BCUT2D eigenvalue weighted by atomic mass is 32.2. The molecule has 1 heterocycles. The van der Waals surface area contributed by atoms with E-state index in [1.165, 1.54) is 29.2 Å². The minimum Gasteiger partial charge on any atom is -0.375 e. The molecule has 1 fully saturated rings. The molecule has 0 atom stereocenters. The van der Waals surface area contributed by atoms with Crippen molar-refractivity contribution in [1.82, 2.24) is 4.98 Å². The van der Waals surface area contributed by atoms with E-state index in [0.29, 0.717) is 5.13 Å². The van der Waals surface area contributed by atoms with Crippen molar-refractivity contribution in [3.8, 4) is 0 Å². The molecular weight excluding hydrogens is 200 g/mol. The summed E-state index contributed by atoms with van der Waals surface area (Å²) in [6.07, 6.45) is 4.26. The van der Waals surface area contributed by atoms with Crippen LogP contribution in [0.3, 0.4) is 0 Å². The lowest BCUT2D eigenvalue weighted by atomic mass is 10.3. The Balaban J connectivity index is 1.81. The number of anilines is 1. The van der Waals surface area contributed by atoms with E-state index in [2.05, 4.69) is 4.98 Å². The topological polar surface area (TPSA) is 38.9 Å². The standard InChI is InChI=1S/C9H14N2S2/c1-6-8(13-9(10)11-6)12-5-4-7-2-3-7/h7H,2-5H2,1H3,(H2,10,11). The Morgan fingerprint density at radius 1 is 1.62 bits per heavy atom. The Hall–Kier alpha value is -0.220. The van der Waals surface area contributed by atoms with Crippen molar-refractivity contribution in [2.24, 2.45) is 5.92 Å². The van der Waals surface area contributed by atoms with E-state index in [0.717, 1.165) is 11.6 Å². The van der Waals surface area contributed by atoms with Crippen LogP contribution in [-0.4, -0.2) is 10.7 Å². The maximum absolute atomic E-state index is 5.62. The van der Waals surface area contributed by atoms with Crippen LogP contribution in [0.1, 0.15) is 25.0 Å². The van der Waals surface area contributed by atoms with Gasteiger partial charge in [-0.1, -0.05) is 24.2 Å². The van der Waals surface area contributed by atoms with Crippen LogP contribution in [0.2, 0.25) is 0 Å². The van der Waals surface area contributed by atoms with E-state index in [1.54, 1.807) is 11.3 Å². The van der Waals surface area contributed by atoms with E-state index in [9.17, 15) is 0 Å². The van der Waals surface area contributed by atoms with E-state index >= 15 is 0 Å². The second-order valence-electron chi connectivity index (χ2n) is 3.51. The number of nitrogens with two attached hydrogens (primary N) is 1. The first-order valence-corrected chi connectivity index (χ1v) is 6.41. The van der Waals surface area contributed by atoms with Gasteiger partial charge < -0.3 is 5.73 Å². The van der Waals surface area contributed by atoms with Crippen molar-refractivity contribution in [3.63, 3.8) is 0 Å². The fourth-order valence-corrected chi connectivity index (χ4v) is 3.46. The van der Waals surface area contributed by atoms with Gasteiger partial charge in [0.1, 0.15) is 0 Å². The van der Waals surface area contributed by atoms with Crippen molar-refractivity contribution in [3.05, 3.63) is 5.69 Å². The van der Waals surface area contributed by atoms with Crippen LogP contribution in [0, 0.1) is 12.8 Å². The Morgan fingerprint density at radius 3 is 2.92 bits per heavy atom. The van der Waals surface area contributed by atoms with Gasteiger partial charge in [0.2, 0.25) is 0 Å². The van der Waals surface area contributed by atoms with E-state index < -0.39 is 0 Å². The average molecular weight is 214 g/mol. The lowest BCUT2D eigenvalue weighted by Crippen LogP contribution is -1.82. The van der Waals surface area contributed by atoms with Crippen LogP contribution < -0.4 is 5.73 Å². The number of hydrogen-bond donors (Lipinski definition) is 1. The molecule has 0 bridgehead atoms. The van der Waals surface area contributed by atoms with Gasteiger partial charge in [-0.2, -0.15) is 0 Å². The maximum atomic E-state index is 5.62. The highest BCUT2D eigenvalue weighted by Gasteiger charge is 2.20. The molecule has 13 heavy (non-hydrogen) atoms. The Bertz CT molecular complexity index is 292. The molecular formula is C9H14N2S2. The normalized spacial score (nSPS) is 16.4. The molecule has 1 aliphatic carbocycles. The van der Waals surface area contributed by atoms with Gasteiger partial charge >= 0.3 is 0 Å². The number of nitrogen functional groups attached to an aromatic ring is 1. The summed E-state index contributed by atoms with van der Waals surface area (Å²) in [5.41, 5.74) is 6.72. The molecule has 1 saturated carbocycles. The lowest BCUT2D eigenvalue weighted by molar-refractivity contribution is 0.809. The van der Waals surface area contributed by atoms with Crippen molar-refractivity contribution in [2.45, 2.75) is 30.4 Å². The van der Waals surface area contributed by atoms with Gasteiger partial charge in [-0.3, -0.25) is 0 Å². The SMILES string of the molecule is Cc1nc(N)sc1SCCC1CC1. The van der Waals surface area contributed by atoms with E-state index in [1.807, 2.05) is 18.7 Å². The van der Waals surface area contributed by atoms with Crippen LogP contribution >= 0.6 is 23.1 Å². The first-order chi connectivity index (χ1) is 6.25. The summed E-state index contributed by atoms with van der Waals surface area (Å²) in [5, 5.41) is 0.700. The van der Waals surface area contributed by atoms with Gasteiger partial charge in [-0.25, -0.2) is 4.98 Å². The first kappa shape index (κ1) is 9.34. The summed E-state index contributed by atoms with van der Waals surface area (Å²) in [4.78, 5) is 4.20. The Kier molecular flexibility index (Phi) is 2.79. The van der Waals surface area contributed by atoms with Crippen molar-refractivity contribution < 1.29 is 0 Å². The molecule has 0 radical (unpaired) electrons. The zero-order chi connectivity index (χ0) is 9.26. The molecule has 0 aromatic carbocycles. The summed E-state index contributed by atoms with van der Waals surface area (Å²) in [5.74, 6) is 2.26. The second-order valence-corrected chi connectivity index (χ2v) is 5.90. The molecule has 2 rings (SSSR count). The smallest absolute Gasteiger partial charge is 0.181 e. The molecule has 4 heteroatoms. The van der Waals surface area contributed by atoms with Gasteiger partial charge in [0, 0.05) is 0 Å². The van der Waals surface area contributed by atoms with Gasteiger partial charge in [-0.15, -0.1) is 11.8 Å². The number of aromatic nitrogens is 1. The summed E-state index contributed by atoms with van der Waals surface area (Å²) < 4.78 is 1.30. The molecule has 1 aromatic rings. The minimum absolute atomic E-state index is 0.700. The maximum Gasteiger partial charge on any atom is 0.181 e. The van der Waals surface area contributed by atoms with Gasteiger partial charge in [-0.05, 0) is 25.0 Å². The molecule has 0 amide bonds. The van der Waals surface area contributed by atoms with Gasteiger partial charge in [0.25, 0.3) is 0 Å². The molecule has 2 nitrogen and oxygen atoms in total. The Labute approximate surface area is 86.9 Å². The third kappa shape index (κ3) is 2.61. The number of aryl methyl sites for hydroxylation is 1. The molecule has 1 aromatic heterocycles. The van der Waals surface area contributed by atoms with Crippen LogP contribution in [-0.2, 0) is 0 Å². The quantitative estimate of drug-likeness (QED) is 0.783. The number of rotatable bonds is 4. The van der Waals surface area contributed by atoms with Crippen LogP contribution in [0.15, 0.2) is 4.21 Å². The fourth-order valence-electron chi connectivity index (χ4n) is 1.26. The van der Waals surface area contributed by atoms with Crippen molar-refractivity contribution >= 4 is 28.2 Å². The number of thioether (sulfide) groups is 1. The predicted octanol–water partition coefficient (Wildman–Crippen LogP) is 2.93. The van der Waals surface area contributed by atoms with Crippen molar-refractivity contribution in [2.75, 3.05) is 11.5 Å². The minimum atomic E-state index is 0.700. The van der Waals surface area contributed by atoms with E-state index in [4.69, 9.17) is 5.73 Å². The van der Waals surface area contributed by atoms with Crippen LogP contribution in [0.5, 0.6) is 0 Å². The zero-order valence-electron chi connectivity index (χ0n) is 7.75. The summed E-state index contributed by atoms with van der Waals surface area (Å²) >= 11 is 3.53. The Morgan fingerprint density at radius 2 is 2.38 bits per heavy atom. The summed E-state index contributed by atoms with van der Waals surface area (Å²) in [6, 6.07) is 0. The van der Waals surface area contributed by atoms with Gasteiger partial charge in [0.05, 0.1) is 9.90 Å². The highest BCUT2D eigenvalue weighted by molar-refractivity contribution is 8.01. The molecule has 0 unspecified atom stereocenters. The molecule has 0 saturated heterocycles. The second kappa shape index (κ2) is 3.88. The molecule has 0 aliphatic heterocycles. The molecule has 2 N–H and O–H groups in total. The van der Waals surface area contributed by atoms with Gasteiger partial charge in [0.15, 0.2) is 5.13 Å². The first-order valence-electron chi connectivity index (χ1n) is 4.61. The number of hydrogen-bond acceptors (Lipinski definition) is 4. The summed E-state index contributed by atoms with van der Waals surface area (Å²) in [7, 11) is 0. The number of nitrogens with zero attached hydrogens (tertiary/aromatic N) is 1. The zero-order valence-corrected chi connectivity index (χ0v) is 9.38. The number of thiazole rings is 1. The predicted molar refractivity (Wildman–Crippen MR) is 59.3 cm³/mol. The third-order valence-corrected chi connectivity index (χ3v) is 4.61. The monoisotopic (exact) mass is 214 g/mol. The average Bonchev–Trinajstić information content (AvgIpc) is 2.81. The van der Waals surface area contributed by atoms with Crippen LogP contribution in [0.25, 0.3) is 0 Å². The fraction of sp³-hybridized carbons (Fsp3) is 0.667. The molecule has 0 spiro atoms. The lowest BCUT2D eigenvalue weighted by Gasteiger charge is -1.96. The molecule has 1 aliphatic rings. The van der Waals surface area contributed by atoms with Crippen LogP contribution in [0.4, 0.5) is 5.13 Å². The molecule has 72 valence electrons. The van der Waals surface area contributed by atoms with Crippen molar-refractivity contribution in [1.29, 1.82) is 0 Å². The van der Waals surface area contributed by atoms with E-state index in [-0.39, 0.29) is 0 Å². The third-order valence-electron chi connectivity index (χ3n) is 2.23. The largest absolute Gasteiger partial charge is 0.375 e.